The lowest BCUT2D eigenvalue weighted by Gasteiger charge is -2.18. The van der Waals surface area contributed by atoms with E-state index in [0.717, 1.165) is 32.1 Å². The third-order valence-electron chi connectivity index (χ3n) is 3.06. The minimum absolute atomic E-state index is 0.220. The van der Waals surface area contributed by atoms with Crippen LogP contribution < -0.4 is 4.98 Å². The molecule has 3 heterocycles. The predicted molar refractivity (Wildman–Crippen MR) is 58.7 cm³/mol. The molecule has 16 heavy (non-hydrogen) atoms. The lowest BCUT2D eigenvalue weighted by molar-refractivity contribution is -0.378. The molecule has 0 amide bonds. The quantitative estimate of drug-likeness (QED) is 0.729. The van der Waals surface area contributed by atoms with E-state index in [1.165, 1.54) is 5.56 Å². The highest BCUT2D eigenvalue weighted by Gasteiger charge is 2.54. The second-order valence-corrected chi connectivity index (χ2v) is 6.99. The molecular weight excluding hydrogens is 222 g/mol. The maximum atomic E-state index is 5.79. The van der Waals surface area contributed by atoms with Gasteiger partial charge in [0.2, 0.25) is 0 Å². The van der Waals surface area contributed by atoms with E-state index in [4.69, 9.17) is 13.3 Å². The van der Waals surface area contributed by atoms with Crippen molar-refractivity contribution in [1.29, 1.82) is 0 Å². The zero-order chi connectivity index (χ0) is 10.8. The molecule has 2 aliphatic heterocycles. The molecule has 2 saturated heterocycles. The Morgan fingerprint density at radius 2 is 2.00 bits per heavy atom. The van der Waals surface area contributed by atoms with Gasteiger partial charge in [0.05, 0.1) is 19.3 Å². The fourth-order valence-electron chi connectivity index (χ4n) is 2.22. The molecule has 86 valence electrons. The average molecular weight is 238 g/mol. The fraction of sp³-hybridized carbons (Fsp3) is 0.545. The third-order valence-corrected chi connectivity index (χ3v) is 5.93. The van der Waals surface area contributed by atoms with E-state index < -0.39 is 8.80 Å². The second kappa shape index (κ2) is 4.25. The first-order valence-electron chi connectivity index (χ1n) is 5.77. The summed E-state index contributed by atoms with van der Waals surface area (Å²) < 4.78 is 17.1. The Bertz CT molecular complexity index is 352. The molecule has 5 heteroatoms. The lowest BCUT2D eigenvalue weighted by atomic mass is 10.2. The van der Waals surface area contributed by atoms with Crippen LogP contribution in [0.25, 0.3) is 0 Å². The van der Waals surface area contributed by atoms with Crippen molar-refractivity contribution in [2.24, 2.45) is 0 Å². The van der Waals surface area contributed by atoms with Gasteiger partial charge in [-0.05, 0) is 18.4 Å². The zero-order valence-corrected chi connectivity index (χ0v) is 10.1. The van der Waals surface area contributed by atoms with Gasteiger partial charge < -0.3 is 13.3 Å². The Balaban J connectivity index is 1.50. The summed E-state index contributed by atoms with van der Waals surface area (Å²) in [5.41, 5.74) is 1.34. The highest BCUT2D eigenvalue weighted by molar-refractivity contribution is 6.61. The number of aromatic amines is 1. The van der Waals surface area contributed by atoms with Gasteiger partial charge in [-0.3, -0.25) is 0 Å². The van der Waals surface area contributed by atoms with E-state index in [9.17, 15) is 0 Å². The molecule has 0 atom stereocenters. The van der Waals surface area contributed by atoms with Crippen molar-refractivity contribution in [3.05, 3.63) is 30.1 Å². The van der Waals surface area contributed by atoms with Gasteiger partial charge in [-0.1, -0.05) is 0 Å². The van der Waals surface area contributed by atoms with Crippen LogP contribution in [-0.2, 0) is 19.7 Å². The summed E-state index contributed by atoms with van der Waals surface area (Å²) in [6.07, 6.45) is 6.26. The summed E-state index contributed by atoms with van der Waals surface area (Å²) in [5, 5.41) is 0. The summed E-state index contributed by atoms with van der Waals surface area (Å²) in [4.78, 5) is 3.02. The van der Waals surface area contributed by atoms with Crippen LogP contribution in [0.1, 0.15) is 12.0 Å². The number of rotatable bonds is 4. The van der Waals surface area contributed by atoms with Crippen molar-refractivity contribution in [1.82, 2.24) is 0 Å². The van der Waals surface area contributed by atoms with E-state index in [2.05, 4.69) is 17.1 Å². The monoisotopic (exact) mass is 238 g/mol. The number of hydrogen-bond donors (Lipinski definition) is 0. The van der Waals surface area contributed by atoms with Crippen LogP contribution in [0.3, 0.4) is 0 Å². The number of aromatic nitrogens is 1. The summed E-state index contributed by atoms with van der Waals surface area (Å²) in [5.74, 6) is 0. The molecule has 2 aliphatic rings. The van der Waals surface area contributed by atoms with Gasteiger partial charge in [0.1, 0.15) is 0 Å². The summed E-state index contributed by atoms with van der Waals surface area (Å²) in [6, 6.07) is 5.16. The van der Waals surface area contributed by atoms with Crippen LogP contribution in [0.4, 0.5) is 0 Å². The van der Waals surface area contributed by atoms with Gasteiger partial charge >= 0.3 is 8.80 Å². The van der Waals surface area contributed by atoms with Gasteiger partial charge in [0, 0.05) is 18.2 Å². The van der Waals surface area contributed by atoms with Gasteiger partial charge in [-0.2, -0.15) is 0 Å². The first kappa shape index (κ1) is 10.4. The normalized spacial score (nSPS) is 32.1. The summed E-state index contributed by atoms with van der Waals surface area (Å²) in [7, 11) is -2.19. The Morgan fingerprint density at radius 3 is 2.62 bits per heavy atom. The largest absolute Gasteiger partial charge is 0.501 e. The Labute approximate surface area is 95.9 Å². The van der Waals surface area contributed by atoms with E-state index in [0.29, 0.717) is 0 Å². The van der Waals surface area contributed by atoms with E-state index >= 15 is 0 Å². The second-order valence-electron chi connectivity index (χ2n) is 4.31. The molecule has 2 fully saturated rings. The van der Waals surface area contributed by atoms with E-state index in [1.54, 1.807) is 0 Å². The lowest BCUT2D eigenvalue weighted by Crippen LogP contribution is -2.38. The van der Waals surface area contributed by atoms with Crippen molar-refractivity contribution < 1.29 is 18.3 Å². The molecule has 3 rings (SSSR count). The standard InChI is InChI=1S/C11H15NO3Si/c1(2-10-3-5-12-6-4-10)7-16-13-8-11(15-16)9-14-16/h3-6,11H,1-2,7-9H2/p+1. The smallest absolute Gasteiger partial charge is 0.371 e. The molecular formula is C11H16NO3Si+. The Morgan fingerprint density at radius 1 is 1.25 bits per heavy atom. The fourth-order valence-corrected chi connectivity index (χ4v) is 4.98. The van der Waals surface area contributed by atoms with Crippen LogP contribution in [0.5, 0.6) is 0 Å². The van der Waals surface area contributed by atoms with Crippen LogP contribution in [0, 0.1) is 0 Å². The first-order chi connectivity index (χ1) is 7.86. The molecule has 0 saturated carbocycles. The summed E-state index contributed by atoms with van der Waals surface area (Å²) >= 11 is 0. The molecule has 1 aromatic heterocycles. The van der Waals surface area contributed by atoms with Gasteiger partial charge in [-0.15, -0.1) is 0 Å². The number of fused-ring (bicyclic) bond motifs is 2. The molecule has 2 bridgehead atoms. The van der Waals surface area contributed by atoms with Crippen LogP contribution in [0.2, 0.25) is 6.04 Å². The maximum Gasteiger partial charge on any atom is 0.501 e. The minimum atomic E-state index is -2.19. The number of H-pyrrole nitrogens is 1. The minimum Gasteiger partial charge on any atom is -0.371 e. The molecule has 0 aliphatic carbocycles. The van der Waals surface area contributed by atoms with Crippen LogP contribution in [0.15, 0.2) is 24.5 Å². The maximum absolute atomic E-state index is 5.79. The third kappa shape index (κ3) is 2.03. The van der Waals surface area contributed by atoms with Gasteiger partial charge in [-0.25, -0.2) is 4.98 Å². The number of pyridine rings is 1. The van der Waals surface area contributed by atoms with Crippen molar-refractivity contribution >= 4 is 8.80 Å². The number of aryl methyl sites for hydroxylation is 1. The van der Waals surface area contributed by atoms with Gasteiger partial charge in [0.25, 0.3) is 0 Å². The highest BCUT2D eigenvalue weighted by Crippen LogP contribution is 2.32. The average Bonchev–Trinajstić information content (AvgIpc) is 2.91. The SMILES string of the molecule is c1cc(CCC[Si]23OCC(CO2)O3)cc[nH+]1. The Kier molecular flexibility index (Phi) is 2.77. The highest BCUT2D eigenvalue weighted by atomic mass is 28.4. The predicted octanol–water partition coefficient (Wildman–Crippen LogP) is 0.818. The molecule has 0 aromatic carbocycles. The van der Waals surface area contributed by atoms with Crippen molar-refractivity contribution in [2.75, 3.05) is 13.2 Å². The molecule has 0 unspecified atom stereocenters. The number of hydrogen-bond acceptors (Lipinski definition) is 3. The van der Waals surface area contributed by atoms with E-state index in [1.807, 2.05) is 12.4 Å². The molecule has 1 aromatic rings. The molecule has 0 spiro atoms. The van der Waals surface area contributed by atoms with Crippen LogP contribution >= 0.6 is 0 Å². The van der Waals surface area contributed by atoms with E-state index in [-0.39, 0.29) is 6.10 Å². The van der Waals surface area contributed by atoms with Crippen LogP contribution in [-0.4, -0.2) is 28.1 Å². The molecule has 1 N–H and O–H groups in total. The van der Waals surface area contributed by atoms with Crippen molar-refractivity contribution in [2.45, 2.75) is 25.0 Å². The molecule has 0 radical (unpaired) electrons. The van der Waals surface area contributed by atoms with Gasteiger partial charge in [0.15, 0.2) is 12.4 Å². The Hall–Kier alpha value is -0.753. The topological polar surface area (TPSA) is 41.8 Å². The first-order valence-corrected chi connectivity index (χ1v) is 7.70. The van der Waals surface area contributed by atoms with Crippen molar-refractivity contribution in [3.63, 3.8) is 0 Å². The number of nitrogens with one attached hydrogen (secondary N) is 1. The summed E-state index contributed by atoms with van der Waals surface area (Å²) in [6.45, 7) is 1.49. The van der Waals surface area contributed by atoms with Crippen molar-refractivity contribution in [3.8, 4) is 0 Å². The molecule has 4 nitrogen and oxygen atoms in total. The zero-order valence-electron chi connectivity index (χ0n) is 9.15.